The van der Waals surface area contributed by atoms with Crippen LogP contribution in [0.2, 0.25) is 0 Å². The zero-order valence-electron chi connectivity index (χ0n) is 11.3. The number of ether oxygens (including phenoxy) is 2. The summed E-state index contributed by atoms with van der Waals surface area (Å²) in [5.74, 6) is 0.705. The van der Waals surface area contributed by atoms with Gasteiger partial charge in [-0.25, -0.2) is 4.39 Å². The number of hydrogen-bond acceptors (Lipinski definition) is 3. The van der Waals surface area contributed by atoms with Crippen molar-refractivity contribution in [3.63, 3.8) is 0 Å². The molecule has 20 heavy (non-hydrogen) atoms. The Morgan fingerprint density at radius 3 is 2.45 bits per heavy atom. The highest BCUT2D eigenvalue weighted by Gasteiger charge is 2.10. The Morgan fingerprint density at radius 2 is 1.75 bits per heavy atom. The number of rotatable bonds is 6. The van der Waals surface area contributed by atoms with Crippen molar-refractivity contribution >= 4 is 0 Å². The van der Waals surface area contributed by atoms with E-state index in [1.54, 1.807) is 6.92 Å². The maximum Gasteiger partial charge on any atom is 0.128 e. The van der Waals surface area contributed by atoms with Crippen LogP contribution >= 0.6 is 0 Å². The lowest BCUT2D eigenvalue weighted by Crippen LogP contribution is -2.10. The molecule has 0 bridgehead atoms. The quantitative estimate of drug-likeness (QED) is 0.822. The smallest absolute Gasteiger partial charge is 0.128 e. The summed E-state index contributed by atoms with van der Waals surface area (Å²) in [6, 6.07) is 13.5. The van der Waals surface area contributed by atoms with E-state index in [0.717, 1.165) is 5.75 Å². The second kappa shape index (κ2) is 6.91. The Morgan fingerprint density at radius 1 is 1.05 bits per heavy atom. The van der Waals surface area contributed by atoms with Gasteiger partial charge >= 0.3 is 0 Å². The van der Waals surface area contributed by atoms with E-state index >= 15 is 0 Å². The maximum absolute atomic E-state index is 13.2. The van der Waals surface area contributed by atoms with Gasteiger partial charge in [-0.3, -0.25) is 0 Å². The SMILES string of the molecule is C[C@H](O)c1ccc(F)cc1OCCOc1ccccc1. The molecule has 1 N–H and O–H groups in total. The highest BCUT2D eigenvalue weighted by atomic mass is 19.1. The molecule has 2 rings (SSSR count). The van der Waals surface area contributed by atoms with E-state index in [4.69, 9.17) is 9.47 Å². The summed E-state index contributed by atoms with van der Waals surface area (Å²) < 4.78 is 24.1. The molecule has 0 amide bonds. The summed E-state index contributed by atoms with van der Waals surface area (Å²) in [6.07, 6.45) is -0.708. The Balaban J connectivity index is 1.89. The number of benzene rings is 2. The van der Waals surface area contributed by atoms with Crippen LogP contribution in [0.5, 0.6) is 11.5 Å². The highest BCUT2D eigenvalue weighted by molar-refractivity contribution is 5.35. The average Bonchev–Trinajstić information content (AvgIpc) is 2.44. The first-order valence-corrected chi connectivity index (χ1v) is 6.45. The van der Waals surface area contributed by atoms with Crippen LogP contribution in [0.3, 0.4) is 0 Å². The van der Waals surface area contributed by atoms with Crippen LogP contribution in [0.4, 0.5) is 4.39 Å². The van der Waals surface area contributed by atoms with Crippen molar-refractivity contribution in [2.45, 2.75) is 13.0 Å². The summed E-state index contributed by atoms with van der Waals surface area (Å²) in [7, 11) is 0. The van der Waals surface area contributed by atoms with Crippen molar-refractivity contribution in [2.24, 2.45) is 0 Å². The molecular weight excluding hydrogens is 259 g/mol. The van der Waals surface area contributed by atoms with Crippen molar-refractivity contribution in [1.29, 1.82) is 0 Å². The Hall–Kier alpha value is -2.07. The number of halogens is 1. The van der Waals surface area contributed by atoms with Gasteiger partial charge in [-0.15, -0.1) is 0 Å². The lowest BCUT2D eigenvalue weighted by Gasteiger charge is -2.14. The molecule has 2 aromatic rings. The van der Waals surface area contributed by atoms with E-state index in [1.165, 1.54) is 18.2 Å². The van der Waals surface area contributed by atoms with Gasteiger partial charge in [0, 0.05) is 11.6 Å². The van der Waals surface area contributed by atoms with Crippen LogP contribution in [0.15, 0.2) is 48.5 Å². The third-order valence-corrected chi connectivity index (χ3v) is 2.78. The van der Waals surface area contributed by atoms with Crippen LogP contribution in [0, 0.1) is 5.82 Å². The fourth-order valence-electron chi connectivity index (χ4n) is 1.81. The van der Waals surface area contributed by atoms with Crippen LogP contribution in [-0.4, -0.2) is 18.3 Å². The standard InChI is InChI=1S/C16H17FO3/c1-12(18)15-8-7-13(17)11-16(15)20-10-9-19-14-5-3-2-4-6-14/h2-8,11-12,18H,9-10H2,1H3/t12-/m0/s1. The van der Waals surface area contributed by atoms with E-state index in [2.05, 4.69) is 0 Å². The summed E-state index contributed by atoms with van der Waals surface area (Å²) in [5.41, 5.74) is 0.561. The first-order valence-electron chi connectivity index (χ1n) is 6.45. The molecule has 106 valence electrons. The molecule has 0 spiro atoms. The lowest BCUT2D eigenvalue weighted by atomic mass is 10.1. The van der Waals surface area contributed by atoms with Gasteiger partial charge < -0.3 is 14.6 Å². The summed E-state index contributed by atoms with van der Waals surface area (Å²) >= 11 is 0. The van der Waals surface area contributed by atoms with Crippen LogP contribution in [0.25, 0.3) is 0 Å². The van der Waals surface area contributed by atoms with E-state index in [9.17, 15) is 9.50 Å². The first-order chi connectivity index (χ1) is 9.66. The predicted octanol–water partition coefficient (Wildman–Crippen LogP) is 3.34. The molecule has 0 fully saturated rings. The minimum Gasteiger partial charge on any atom is -0.490 e. The van der Waals surface area contributed by atoms with E-state index < -0.39 is 11.9 Å². The van der Waals surface area contributed by atoms with E-state index in [1.807, 2.05) is 30.3 Å². The molecule has 0 unspecified atom stereocenters. The molecule has 1 atom stereocenters. The molecule has 0 saturated carbocycles. The van der Waals surface area contributed by atoms with Gasteiger partial charge in [-0.2, -0.15) is 0 Å². The normalized spacial score (nSPS) is 11.9. The lowest BCUT2D eigenvalue weighted by molar-refractivity contribution is 0.181. The molecule has 0 radical (unpaired) electrons. The molecule has 0 aliphatic rings. The Labute approximate surface area is 117 Å². The topological polar surface area (TPSA) is 38.7 Å². The molecular formula is C16H17FO3. The van der Waals surface area contributed by atoms with E-state index in [0.29, 0.717) is 17.9 Å². The van der Waals surface area contributed by atoms with Gasteiger partial charge in [0.05, 0.1) is 6.10 Å². The molecule has 0 heterocycles. The number of hydrogen-bond donors (Lipinski definition) is 1. The van der Waals surface area contributed by atoms with Crippen molar-refractivity contribution in [2.75, 3.05) is 13.2 Å². The molecule has 0 aromatic heterocycles. The minimum atomic E-state index is -0.708. The zero-order chi connectivity index (χ0) is 14.4. The van der Waals surface area contributed by atoms with Crippen molar-refractivity contribution in [3.8, 4) is 11.5 Å². The number of aliphatic hydroxyl groups excluding tert-OH is 1. The zero-order valence-corrected chi connectivity index (χ0v) is 11.3. The second-order valence-corrected chi connectivity index (χ2v) is 4.37. The maximum atomic E-state index is 13.2. The van der Waals surface area contributed by atoms with Gasteiger partial charge in [0.2, 0.25) is 0 Å². The second-order valence-electron chi connectivity index (χ2n) is 4.37. The number of aliphatic hydroxyl groups is 1. The summed E-state index contributed by atoms with van der Waals surface area (Å²) in [5, 5.41) is 9.60. The number of para-hydroxylation sites is 1. The molecule has 0 aliphatic carbocycles. The van der Waals surface area contributed by atoms with Crippen molar-refractivity contribution < 1.29 is 19.0 Å². The fraction of sp³-hybridized carbons (Fsp3) is 0.250. The molecule has 4 heteroatoms. The van der Waals surface area contributed by atoms with Crippen LogP contribution in [0.1, 0.15) is 18.6 Å². The molecule has 0 aliphatic heterocycles. The van der Waals surface area contributed by atoms with Crippen molar-refractivity contribution in [1.82, 2.24) is 0 Å². The van der Waals surface area contributed by atoms with Crippen molar-refractivity contribution in [3.05, 3.63) is 59.9 Å². The van der Waals surface area contributed by atoms with Gasteiger partial charge in [-0.05, 0) is 31.2 Å². The summed E-state index contributed by atoms with van der Waals surface area (Å²) in [4.78, 5) is 0. The monoisotopic (exact) mass is 276 g/mol. The van der Waals surface area contributed by atoms with Crippen LogP contribution < -0.4 is 9.47 Å². The van der Waals surface area contributed by atoms with Crippen LogP contribution in [-0.2, 0) is 0 Å². The van der Waals surface area contributed by atoms with Gasteiger partial charge in [0.15, 0.2) is 0 Å². The minimum absolute atomic E-state index is 0.276. The predicted molar refractivity (Wildman–Crippen MR) is 74.5 cm³/mol. The molecule has 2 aromatic carbocycles. The third-order valence-electron chi connectivity index (χ3n) is 2.78. The first kappa shape index (κ1) is 14.3. The largest absolute Gasteiger partial charge is 0.490 e. The van der Waals surface area contributed by atoms with E-state index in [-0.39, 0.29) is 6.61 Å². The molecule has 3 nitrogen and oxygen atoms in total. The van der Waals surface area contributed by atoms with Gasteiger partial charge in [-0.1, -0.05) is 18.2 Å². The fourth-order valence-corrected chi connectivity index (χ4v) is 1.81. The third kappa shape index (κ3) is 3.96. The van der Waals surface area contributed by atoms with Gasteiger partial charge in [0.25, 0.3) is 0 Å². The Bertz CT molecular complexity index is 541. The summed E-state index contributed by atoms with van der Waals surface area (Å²) in [6.45, 7) is 2.23. The molecule has 0 saturated heterocycles. The van der Waals surface area contributed by atoms with Gasteiger partial charge in [0.1, 0.15) is 30.5 Å². The average molecular weight is 276 g/mol. The Kier molecular flexibility index (Phi) is 4.96. The highest BCUT2D eigenvalue weighted by Crippen LogP contribution is 2.25.